The second-order valence-electron chi connectivity index (χ2n) is 8.25. The molecule has 4 rings (SSSR count). The molecule has 2 atom stereocenters. The summed E-state index contributed by atoms with van der Waals surface area (Å²) in [6, 6.07) is 13.9. The molecule has 0 aromatic heterocycles. The van der Waals surface area contributed by atoms with E-state index in [-0.39, 0.29) is 11.9 Å². The van der Waals surface area contributed by atoms with Crippen molar-refractivity contribution in [1.82, 2.24) is 9.80 Å². The lowest BCUT2D eigenvalue weighted by molar-refractivity contribution is -0.128. The van der Waals surface area contributed by atoms with E-state index >= 15 is 0 Å². The molecule has 1 amide bonds. The van der Waals surface area contributed by atoms with Crippen molar-refractivity contribution in [3.05, 3.63) is 70.3 Å². The Morgan fingerprint density at radius 1 is 1.16 bits per heavy atom. The van der Waals surface area contributed by atoms with E-state index in [4.69, 9.17) is 11.6 Å². The van der Waals surface area contributed by atoms with Crippen LogP contribution < -0.4 is 0 Å². The molecule has 2 heterocycles. The van der Waals surface area contributed by atoms with Crippen molar-refractivity contribution in [3.63, 3.8) is 0 Å². The third kappa shape index (κ3) is 5.53. The summed E-state index contributed by atoms with van der Waals surface area (Å²) in [6.45, 7) is 4.92. The maximum Gasteiger partial charge on any atom is 0.246 e. The van der Waals surface area contributed by atoms with E-state index in [9.17, 15) is 9.90 Å². The molecule has 31 heavy (non-hydrogen) atoms. The maximum atomic E-state index is 12.6. The number of amides is 1. The Balaban J connectivity index is 1.32. The van der Waals surface area contributed by atoms with Crippen LogP contribution in [0.4, 0.5) is 0 Å². The summed E-state index contributed by atoms with van der Waals surface area (Å²) in [4.78, 5) is 18.1. The summed E-state index contributed by atoms with van der Waals surface area (Å²) < 4.78 is 0. The predicted molar refractivity (Wildman–Crippen MR) is 129 cm³/mol. The number of nitrogens with zero attached hydrogens (tertiary/aromatic N) is 2. The number of aryl methyl sites for hydroxylation is 1. The average Bonchev–Trinajstić information content (AvgIpc) is 2.81. The second kappa shape index (κ2) is 10.2. The highest BCUT2D eigenvalue weighted by Gasteiger charge is 2.28. The number of carbonyl (C=O) groups is 1. The van der Waals surface area contributed by atoms with Gasteiger partial charge >= 0.3 is 0 Å². The lowest BCUT2D eigenvalue weighted by Gasteiger charge is -2.39. The summed E-state index contributed by atoms with van der Waals surface area (Å²) in [7, 11) is 0. The van der Waals surface area contributed by atoms with Gasteiger partial charge in [-0.25, -0.2) is 0 Å². The fraction of sp³-hybridized carbons (Fsp3) is 0.400. The van der Waals surface area contributed by atoms with Crippen molar-refractivity contribution in [2.24, 2.45) is 0 Å². The SMILES string of the molecule is CC(C(O)c1ccc2c(c1)CCCS2)N1CCN(C(=O)C=Cc2cccc(Cl)c2)CC1. The van der Waals surface area contributed by atoms with Gasteiger partial charge in [-0.2, -0.15) is 0 Å². The van der Waals surface area contributed by atoms with Crippen LogP contribution in [0.2, 0.25) is 5.02 Å². The molecule has 0 bridgehead atoms. The number of halogens is 1. The molecule has 164 valence electrons. The minimum atomic E-state index is -0.526. The van der Waals surface area contributed by atoms with Crippen LogP contribution in [-0.2, 0) is 11.2 Å². The molecular weight excluding hydrogens is 428 g/mol. The first-order chi connectivity index (χ1) is 15.0. The number of fused-ring (bicyclic) bond motifs is 1. The molecule has 6 heteroatoms. The van der Waals surface area contributed by atoms with Crippen molar-refractivity contribution >= 4 is 35.3 Å². The summed E-state index contributed by atoms with van der Waals surface area (Å²) >= 11 is 7.91. The zero-order valence-electron chi connectivity index (χ0n) is 17.8. The molecule has 2 aromatic rings. The number of thioether (sulfide) groups is 1. The number of benzene rings is 2. The molecule has 2 aromatic carbocycles. The van der Waals surface area contributed by atoms with Crippen LogP contribution in [0.3, 0.4) is 0 Å². The van der Waals surface area contributed by atoms with E-state index in [1.165, 1.54) is 22.6 Å². The molecule has 2 aliphatic heterocycles. The van der Waals surface area contributed by atoms with Gasteiger partial charge in [0.15, 0.2) is 0 Å². The van der Waals surface area contributed by atoms with E-state index in [2.05, 4.69) is 30.0 Å². The minimum Gasteiger partial charge on any atom is -0.387 e. The average molecular weight is 457 g/mol. The summed E-state index contributed by atoms with van der Waals surface area (Å²) in [5.41, 5.74) is 3.28. The molecule has 4 nitrogen and oxygen atoms in total. The van der Waals surface area contributed by atoms with Crippen LogP contribution in [0, 0.1) is 0 Å². The number of rotatable bonds is 5. The van der Waals surface area contributed by atoms with Crippen LogP contribution in [0.1, 0.15) is 36.1 Å². The van der Waals surface area contributed by atoms with Gasteiger partial charge in [-0.15, -0.1) is 11.8 Å². The van der Waals surface area contributed by atoms with Gasteiger partial charge in [0.05, 0.1) is 6.10 Å². The number of piperazine rings is 1. The van der Waals surface area contributed by atoms with E-state index in [1.807, 2.05) is 40.9 Å². The molecular formula is C25H29ClN2O2S. The molecule has 1 fully saturated rings. The van der Waals surface area contributed by atoms with Crippen LogP contribution in [0.15, 0.2) is 53.4 Å². The van der Waals surface area contributed by atoms with Gasteiger partial charge in [-0.05, 0) is 66.5 Å². The van der Waals surface area contributed by atoms with Gasteiger partial charge in [0, 0.05) is 48.2 Å². The lowest BCUT2D eigenvalue weighted by atomic mass is 9.98. The van der Waals surface area contributed by atoms with Crippen LogP contribution in [0.25, 0.3) is 6.08 Å². The van der Waals surface area contributed by atoms with Gasteiger partial charge in [0.2, 0.25) is 5.91 Å². The first kappa shape index (κ1) is 22.4. The quantitative estimate of drug-likeness (QED) is 0.664. The van der Waals surface area contributed by atoms with Gasteiger partial charge < -0.3 is 10.0 Å². The molecule has 0 radical (unpaired) electrons. The number of hydrogen-bond donors (Lipinski definition) is 1. The number of aliphatic hydroxyl groups is 1. The second-order valence-corrected chi connectivity index (χ2v) is 9.83. The first-order valence-electron chi connectivity index (χ1n) is 10.9. The van der Waals surface area contributed by atoms with Crippen molar-refractivity contribution in [2.75, 3.05) is 31.9 Å². The monoisotopic (exact) mass is 456 g/mol. The lowest BCUT2D eigenvalue weighted by Crippen LogP contribution is -2.52. The Labute approximate surface area is 193 Å². The Morgan fingerprint density at radius 3 is 2.74 bits per heavy atom. The van der Waals surface area contributed by atoms with Crippen LogP contribution in [-0.4, -0.2) is 58.8 Å². The fourth-order valence-corrected chi connectivity index (χ4v) is 5.49. The zero-order valence-corrected chi connectivity index (χ0v) is 19.4. The molecule has 0 spiro atoms. The normalized spacial score (nSPS) is 19.3. The number of aliphatic hydroxyl groups excluding tert-OH is 1. The Kier molecular flexibility index (Phi) is 7.39. The standard InChI is InChI=1S/C25H29ClN2O2S/c1-18(25(30)21-8-9-23-20(17-21)5-3-15-31-23)27-11-13-28(14-12-27)24(29)10-7-19-4-2-6-22(26)16-19/h2,4,6-10,16-18,25,30H,3,5,11-15H2,1H3. The topological polar surface area (TPSA) is 43.8 Å². The van der Waals surface area contributed by atoms with Crippen LogP contribution >= 0.6 is 23.4 Å². The highest BCUT2D eigenvalue weighted by Crippen LogP contribution is 2.33. The molecule has 0 saturated carbocycles. The highest BCUT2D eigenvalue weighted by atomic mass is 35.5. The maximum absolute atomic E-state index is 12.6. The highest BCUT2D eigenvalue weighted by molar-refractivity contribution is 7.99. The van der Waals surface area contributed by atoms with Gasteiger partial charge in [0.1, 0.15) is 0 Å². The molecule has 2 unspecified atom stereocenters. The van der Waals surface area contributed by atoms with Crippen molar-refractivity contribution in [1.29, 1.82) is 0 Å². The van der Waals surface area contributed by atoms with E-state index < -0.39 is 6.10 Å². The fourth-order valence-electron chi connectivity index (χ4n) is 4.28. The number of hydrogen-bond acceptors (Lipinski definition) is 4. The largest absolute Gasteiger partial charge is 0.387 e. The van der Waals surface area contributed by atoms with E-state index in [0.29, 0.717) is 18.1 Å². The van der Waals surface area contributed by atoms with Crippen molar-refractivity contribution in [2.45, 2.75) is 36.8 Å². The van der Waals surface area contributed by atoms with Crippen LogP contribution in [0.5, 0.6) is 0 Å². The van der Waals surface area contributed by atoms with Crippen molar-refractivity contribution < 1.29 is 9.90 Å². The Hall–Kier alpha value is -1.79. The summed E-state index contributed by atoms with van der Waals surface area (Å²) in [5, 5.41) is 11.7. The third-order valence-corrected chi connectivity index (χ3v) is 7.64. The molecule has 2 aliphatic rings. The predicted octanol–water partition coefficient (Wildman–Crippen LogP) is 4.66. The minimum absolute atomic E-state index is 0.00792. The van der Waals surface area contributed by atoms with Gasteiger partial charge in [0.25, 0.3) is 0 Å². The zero-order chi connectivity index (χ0) is 21.8. The van der Waals surface area contributed by atoms with Gasteiger partial charge in [-0.3, -0.25) is 9.69 Å². The molecule has 1 N–H and O–H groups in total. The Bertz CT molecular complexity index is 956. The van der Waals surface area contributed by atoms with Crippen molar-refractivity contribution in [3.8, 4) is 0 Å². The van der Waals surface area contributed by atoms with E-state index in [1.54, 1.807) is 12.2 Å². The number of carbonyl (C=O) groups excluding carboxylic acids is 1. The van der Waals surface area contributed by atoms with Gasteiger partial charge in [-0.1, -0.05) is 35.9 Å². The smallest absolute Gasteiger partial charge is 0.246 e. The van der Waals surface area contributed by atoms with E-state index in [0.717, 1.165) is 30.6 Å². The Morgan fingerprint density at radius 2 is 1.97 bits per heavy atom. The summed E-state index contributed by atoms with van der Waals surface area (Å²) in [6.07, 6.45) is 5.20. The third-order valence-electron chi connectivity index (χ3n) is 6.20. The summed E-state index contributed by atoms with van der Waals surface area (Å²) in [5.74, 6) is 1.20. The molecule has 0 aliphatic carbocycles. The first-order valence-corrected chi connectivity index (χ1v) is 12.3. The molecule has 1 saturated heterocycles.